The van der Waals surface area contributed by atoms with Gasteiger partial charge < -0.3 is 14.6 Å². The smallest absolute Gasteiger partial charge is 0.411 e. The molecule has 0 atom stereocenters. The molecule has 0 radical (unpaired) electrons. The van der Waals surface area contributed by atoms with E-state index in [4.69, 9.17) is 4.74 Å². The van der Waals surface area contributed by atoms with Crippen LogP contribution in [0.15, 0.2) is 36.4 Å². The van der Waals surface area contributed by atoms with Crippen LogP contribution in [-0.2, 0) is 24.4 Å². The van der Waals surface area contributed by atoms with E-state index in [-0.39, 0.29) is 13.2 Å². The number of aryl methyl sites for hydroxylation is 2. The third-order valence-electron chi connectivity index (χ3n) is 3.83. The summed E-state index contributed by atoms with van der Waals surface area (Å²) < 4.78 is 10.6. The minimum absolute atomic E-state index is 0.135. The number of aliphatic hydroxyl groups is 1. The molecular formula is C19H23NO4. The van der Waals surface area contributed by atoms with E-state index in [2.05, 4.69) is 23.0 Å². The van der Waals surface area contributed by atoms with E-state index in [0.29, 0.717) is 11.3 Å². The van der Waals surface area contributed by atoms with Gasteiger partial charge in [0.15, 0.2) is 0 Å². The number of anilines is 1. The third-order valence-corrected chi connectivity index (χ3v) is 3.83. The first-order chi connectivity index (χ1) is 11.6. The first-order valence-electron chi connectivity index (χ1n) is 7.88. The van der Waals surface area contributed by atoms with Crippen LogP contribution in [0.3, 0.4) is 0 Å². The molecule has 0 bridgehead atoms. The molecule has 0 saturated heterocycles. The lowest BCUT2D eigenvalue weighted by molar-refractivity contribution is 0.187. The number of methoxy groups -OCH3 is 1. The zero-order chi connectivity index (χ0) is 17.5. The molecule has 0 heterocycles. The van der Waals surface area contributed by atoms with E-state index in [0.717, 1.165) is 23.3 Å². The molecule has 128 valence electrons. The van der Waals surface area contributed by atoms with Gasteiger partial charge in [-0.15, -0.1) is 0 Å². The van der Waals surface area contributed by atoms with Crippen molar-refractivity contribution in [2.75, 3.05) is 12.4 Å². The van der Waals surface area contributed by atoms with Gasteiger partial charge in [-0.3, -0.25) is 5.32 Å². The molecule has 0 aliphatic carbocycles. The van der Waals surface area contributed by atoms with Crippen molar-refractivity contribution in [3.05, 3.63) is 58.7 Å². The fourth-order valence-electron chi connectivity index (χ4n) is 2.51. The minimum Gasteiger partial charge on any atom is -0.489 e. The van der Waals surface area contributed by atoms with Gasteiger partial charge in [-0.2, -0.15) is 0 Å². The van der Waals surface area contributed by atoms with Crippen molar-refractivity contribution in [2.45, 2.75) is 33.5 Å². The molecule has 0 spiro atoms. The molecule has 0 aromatic heterocycles. The SMILES string of the molecule is CCc1cc(C)ccc1OCc1c(CO)cccc1NC(=O)OC. The molecule has 24 heavy (non-hydrogen) atoms. The molecule has 5 heteroatoms. The molecule has 2 aromatic rings. The number of ether oxygens (including phenoxy) is 2. The summed E-state index contributed by atoms with van der Waals surface area (Å²) in [5, 5.41) is 12.2. The highest BCUT2D eigenvalue weighted by Gasteiger charge is 2.12. The van der Waals surface area contributed by atoms with Crippen molar-refractivity contribution in [1.29, 1.82) is 0 Å². The molecule has 0 unspecified atom stereocenters. The zero-order valence-corrected chi connectivity index (χ0v) is 14.3. The average molecular weight is 329 g/mol. The molecule has 1 amide bonds. The topological polar surface area (TPSA) is 67.8 Å². The quantitative estimate of drug-likeness (QED) is 0.846. The normalized spacial score (nSPS) is 10.3. The number of rotatable bonds is 6. The largest absolute Gasteiger partial charge is 0.489 e. The monoisotopic (exact) mass is 329 g/mol. The van der Waals surface area contributed by atoms with Crippen molar-refractivity contribution in [1.82, 2.24) is 0 Å². The summed E-state index contributed by atoms with van der Waals surface area (Å²) in [6, 6.07) is 11.4. The van der Waals surface area contributed by atoms with Crippen LogP contribution in [0.5, 0.6) is 5.75 Å². The van der Waals surface area contributed by atoms with E-state index in [9.17, 15) is 9.90 Å². The first kappa shape index (κ1) is 17.8. The summed E-state index contributed by atoms with van der Waals surface area (Å²) in [5.74, 6) is 0.805. The van der Waals surface area contributed by atoms with Crippen LogP contribution in [0.2, 0.25) is 0 Å². The second-order valence-electron chi connectivity index (χ2n) is 5.47. The number of aliphatic hydroxyl groups excluding tert-OH is 1. The second-order valence-corrected chi connectivity index (χ2v) is 5.47. The van der Waals surface area contributed by atoms with Gasteiger partial charge in [0, 0.05) is 5.56 Å². The number of benzene rings is 2. The minimum atomic E-state index is -0.559. The van der Waals surface area contributed by atoms with Crippen molar-refractivity contribution in [3.63, 3.8) is 0 Å². The second kappa shape index (κ2) is 8.36. The number of carbonyl (C=O) groups excluding carboxylic acids is 1. The van der Waals surface area contributed by atoms with E-state index in [1.165, 1.54) is 12.7 Å². The van der Waals surface area contributed by atoms with Crippen LogP contribution in [-0.4, -0.2) is 18.3 Å². The highest BCUT2D eigenvalue weighted by atomic mass is 16.5. The van der Waals surface area contributed by atoms with Crippen molar-refractivity contribution in [3.8, 4) is 5.75 Å². The van der Waals surface area contributed by atoms with Gasteiger partial charge in [0.2, 0.25) is 0 Å². The van der Waals surface area contributed by atoms with Crippen LogP contribution >= 0.6 is 0 Å². The summed E-state index contributed by atoms with van der Waals surface area (Å²) in [5.41, 5.74) is 4.31. The first-order valence-corrected chi connectivity index (χ1v) is 7.88. The molecule has 2 rings (SSSR count). The van der Waals surface area contributed by atoms with Crippen LogP contribution in [0.25, 0.3) is 0 Å². The van der Waals surface area contributed by atoms with Gasteiger partial charge in [0.1, 0.15) is 12.4 Å². The Morgan fingerprint density at radius 2 is 2.00 bits per heavy atom. The maximum absolute atomic E-state index is 11.5. The maximum atomic E-state index is 11.5. The van der Waals surface area contributed by atoms with E-state index >= 15 is 0 Å². The van der Waals surface area contributed by atoms with Crippen molar-refractivity contribution < 1.29 is 19.4 Å². The van der Waals surface area contributed by atoms with Crippen LogP contribution in [0, 0.1) is 6.92 Å². The fraction of sp³-hybridized carbons (Fsp3) is 0.316. The van der Waals surface area contributed by atoms with Gasteiger partial charge >= 0.3 is 6.09 Å². The maximum Gasteiger partial charge on any atom is 0.411 e. The Morgan fingerprint density at radius 3 is 2.67 bits per heavy atom. The Balaban J connectivity index is 2.26. The standard InChI is InChI=1S/C19H23NO4/c1-4-14-10-13(2)8-9-18(14)24-12-16-15(11-21)6-5-7-17(16)20-19(22)23-3/h5-10,21H,4,11-12H2,1-3H3,(H,20,22). The molecular weight excluding hydrogens is 306 g/mol. The fourth-order valence-corrected chi connectivity index (χ4v) is 2.51. The Morgan fingerprint density at radius 1 is 1.21 bits per heavy atom. The van der Waals surface area contributed by atoms with Gasteiger partial charge in [0.25, 0.3) is 0 Å². The van der Waals surface area contributed by atoms with Gasteiger partial charge in [0.05, 0.1) is 19.4 Å². The molecule has 5 nitrogen and oxygen atoms in total. The summed E-state index contributed by atoms with van der Waals surface area (Å²) in [6.45, 7) is 4.23. The van der Waals surface area contributed by atoms with Crippen molar-refractivity contribution >= 4 is 11.8 Å². The predicted octanol–water partition coefficient (Wildman–Crippen LogP) is 3.81. The molecule has 0 aliphatic heterocycles. The molecule has 0 aliphatic rings. The number of carbonyl (C=O) groups is 1. The van der Waals surface area contributed by atoms with Gasteiger partial charge in [-0.05, 0) is 36.6 Å². The number of hydrogen-bond donors (Lipinski definition) is 2. The lowest BCUT2D eigenvalue weighted by atomic mass is 10.1. The van der Waals surface area contributed by atoms with Gasteiger partial charge in [-0.1, -0.05) is 36.8 Å². The Kier molecular flexibility index (Phi) is 6.21. The van der Waals surface area contributed by atoms with E-state index in [1.807, 2.05) is 19.1 Å². The Hall–Kier alpha value is -2.53. The average Bonchev–Trinajstić information content (AvgIpc) is 2.60. The van der Waals surface area contributed by atoms with Crippen LogP contribution in [0.1, 0.15) is 29.2 Å². The number of amides is 1. The lowest BCUT2D eigenvalue weighted by Gasteiger charge is -2.16. The molecule has 2 aromatic carbocycles. The highest BCUT2D eigenvalue weighted by molar-refractivity contribution is 5.85. The lowest BCUT2D eigenvalue weighted by Crippen LogP contribution is -2.14. The van der Waals surface area contributed by atoms with Gasteiger partial charge in [-0.25, -0.2) is 4.79 Å². The van der Waals surface area contributed by atoms with E-state index < -0.39 is 6.09 Å². The summed E-state index contributed by atoms with van der Waals surface area (Å²) >= 11 is 0. The molecule has 2 N–H and O–H groups in total. The summed E-state index contributed by atoms with van der Waals surface area (Å²) in [7, 11) is 1.31. The summed E-state index contributed by atoms with van der Waals surface area (Å²) in [4.78, 5) is 11.5. The predicted molar refractivity (Wildman–Crippen MR) is 93.3 cm³/mol. The summed E-state index contributed by atoms with van der Waals surface area (Å²) in [6.07, 6.45) is 0.308. The zero-order valence-electron chi connectivity index (χ0n) is 14.3. The molecule has 0 fully saturated rings. The highest BCUT2D eigenvalue weighted by Crippen LogP contribution is 2.26. The van der Waals surface area contributed by atoms with Crippen LogP contribution < -0.4 is 10.1 Å². The van der Waals surface area contributed by atoms with E-state index in [1.54, 1.807) is 18.2 Å². The van der Waals surface area contributed by atoms with Crippen molar-refractivity contribution in [2.24, 2.45) is 0 Å². The third kappa shape index (κ3) is 4.26. The Labute approximate surface area is 142 Å². The Bertz CT molecular complexity index is 713. The van der Waals surface area contributed by atoms with Crippen LogP contribution in [0.4, 0.5) is 10.5 Å². The molecule has 0 saturated carbocycles. The number of hydrogen-bond acceptors (Lipinski definition) is 4. The number of nitrogens with one attached hydrogen (secondary N) is 1.